The average molecular weight is 263 g/mol. The minimum atomic E-state index is -0.159. The Kier molecular flexibility index (Phi) is 5.57. The first-order valence-corrected chi connectivity index (χ1v) is 7.19. The molecule has 1 N–H and O–H groups in total. The highest BCUT2D eigenvalue weighted by molar-refractivity contribution is 5.38. The summed E-state index contributed by atoms with van der Waals surface area (Å²) < 4.78 is 5.90. The zero-order valence-corrected chi connectivity index (χ0v) is 13.6. The Labute approximate surface area is 118 Å². The van der Waals surface area contributed by atoms with Crippen LogP contribution in [0.4, 0.5) is 0 Å². The smallest absolute Gasteiger partial charge is 0.0781 e. The molecule has 1 aromatic carbocycles. The molecule has 0 aliphatic carbocycles. The molecule has 0 fully saturated rings. The van der Waals surface area contributed by atoms with E-state index in [1.807, 2.05) is 7.05 Å². The Morgan fingerprint density at radius 2 is 1.68 bits per heavy atom. The normalized spacial score (nSPS) is 13.6. The van der Waals surface area contributed by atoms with Gasteiger partial charge in [0.15, 0.2) is 0 Å². The van der Waals surface area contributed by atoms with Gasteiger partial charge in [-0.3, -0.25) is 0 Å². The molecule has 0 aliphatic rings. The molecule has 1 aromatic rings. The molecule has 0 saturated heterocycles. The van der Waals surface area contributed by atoms with Crippen LogP contribution in [0.2, 0.25) is 0 Å². The van der Waals surface area contributed by atoms with Gasteiger partial charge in [0.05, 0.1) is 5.60 Å². The van der Waals surface area contributed by atoms with E-state index in [1.165, 1.54) is 22.3 Å². The first-order valence-electron chi connectivity index (χ1n) is 7.19. The molecule has 0 amide bonds. The van der Waals surface area contributed by atoms with Gasteiger partial charge in [0, 0.05) is 12.6 Å². The molecule has 0 aliphatic heterocycles. The zero-order chi connectivity index (χ0) is 14.6. The third-order valence-electron chi connectivity index (χ3n) is 3.95. The molecule has 108 valence electrons. The van der Waals surface area contributed by atoms with E-state index in [9.17, 15) is 0 Å². The fraction of sp³-hybridized carbons (Fsp3) is 0.647. The Hall–Kier alpha value is -0.860. The molecular formula is C17H29NO. The van der Waals surface area contributed by atoms with Crippen LogP contribution in [0.25, 0.3) is 0 Å². The van der Waals surface area contributed by atoms with Gasteiger partial charge >= 0.3 is 0 Å². The minimum Gasteiger partial charge on any atom is -0.374 e. The van der Waals surface area contributed by atoms with Crippen molar-refractivity contribution < 1.29 is 4.74 Å². The number of hydrogen-bond donors (Lipinski definition) is 1. The summed E-state index contributed by atoms with van der Waals surface area (Å²) in [5.74, 6) is 0. The van der Waals surface area contributed by atoms with E-state index >= 15 is 0 Å². The van der Waals surface area contributed by atoms with E-state index in [0.29, 0.717) is 6.04 Å². The second kappa shape index (κ2) is 6.53. The summed E-state index contributed by atoms with van der Waals surface area (Å²) in [6.07, 6.45) is 1.00. The minimum absolute atomic E-state index is 0.159. The van der Waals surface area contributed by atoms with Crippen molar-refractivity contribution in [2.45, 2.75) is 59.6 Å². The van der Waals surface area contributed by atoms with Gasteiger partial charge < -0.3 is 10.1 Å². The van der Waals surface area contributed by atoms with Crippen molar-refractivity contribution in [2.24, 2.45) is 0 Å². The summed E-state index contributed by atoms with van der Waals surface area (Å²) in [5.41, 5.74) is 5.38. The van der Waals surface area contributed by atoms with E-state index in [4.69, 9.17) is 4.74 Å². The lowest BCUT2D eigenvalue weighted by atomic mass is 9.88. The molecule has 0 spiro atoms. The monoisotopic (exact) mass is 263 g/mol. The van der Waals surface area contributed by atoms with Crippen LogP contribution in [0.15, 0.2) is 12.1 Å². The van der Waals surface area contributed by atoms with Crippen molar-refractivity contribution >= 4 is 0 Å². The van der Waals surface area contributed by atoms with Gasteiger partial charge in [0.1, 0.15) is 0 Å². The van der Waals surface area contributed by atoms with E-state index in [-0.39, 0.29) is 5.60 Å². The van der Waals surface area contributed by atoms with Crippen molar-refractivity contribution in [2.75, 3.05) is 13.7 Å². The van der Waals surface area contributed by atoms with E-state index in [1.54, 1.807) is 0 Å². The first kappa shape index (κ1) is 16.2. The predicted octanol–water partition coefficient (Wildman–Crippen LogP) is 3.56. The maximum atomic E-state index is 5.90. The van der Waals surface area contributed by atoms with Crippen LogP contribution >= 0.6 is 0 Å². The lowest BCUT2D eigenvalue weighted by Gasteiger charge is -2.35. The number of ether oxygens (including phenoxy) is 1. The van der Waals surface area contributed by atoms with Crippen LogP contribution in [0.5, 0.6) is 0 Å². The van der Waals surface area contributed by atoms with Crippen LogP contribution in [0.1, 0.15) is 43.0 Å². The maximum Gasteiger partial charge on any atom is 0.0781 e. The lowest BCUT2D eigenvalue weighted by Crippen LogP contribution is -2.48. The molecule has 1 rings (SSSR count). The molecule has 0 aromatic heterocycles. The maximum absolute atomic E-state index is 5.90. The molecule has 19 heavy (non-hydrogen) atoms. The number of rotatable bonds is 6. The SMILES string of the molecule is CCOC(C)(C)C(Cc1c(C)cc(C)cc1C)NC. The highest BCUT2D eigenvalue weighted by atomic mass is 16.5. The van der Waals surface area contributed by atoms with Gasteiger partial charge in [-0.2, -0.15) is 0 Å². The average Bonchev–Trinajstić information content (AvgIpc) is 2.27. The van der Waals surface area contributed by atoms with Crippen LogP contribution in [0, 0.1) is 20.8 Å². The van der Waals surface area contributed by atoms with Gasteiger partial charge in [-0.05, 0) is 71.7 Å². The fourth-order valence-electron chi connectivity index (χ4n) is 2.90. The largest absolute Gasteiger partial charge is 0.374 e. The van der Waals surface area contributed by atoms with Crippen molar-refractivity contribution in [3.05, 3.63) is 34.4 Å². The number of likely N-dealkylation sites (N-methyl/N-ethyl adjacent to an activating group) is 1. The molecule has 2 heteroatoms. The molecule has 1 atom stereocenters. The second-order valence-corrected chi connectivity index (χ2v) is 5.96. The molecule has 0 saturated carbocycles. The summed E-state index contributed by atoms with van der Waals surface area (Å²) >= 11 is 0. The van der Waals surface area contributed by atoms with Crippen molar-refractivity contribution in [3.8, 4) is 0 Å². The van der Waals surface area contributed by atoms with Crippen LogP contribution in [0.3, 0.4) is 0 Å². The topological polar surface area (TPSA) is 21.3 Å². The van der Waals surface area contributed by atoms with Crippen LogP contribution in [-0.4, -0.2) is 25.3 Å². The summed E-state index contributed by atoms with van der Waals surface area (Å²) in [6, 6.07) is 4.85. The molecule has 0 radical (unpaired) electrons. The molecule has 0 heterocycles. The first-order chi connectivity index (χ1) is 8.81. The lowest BCUT2D eigenvalue weighted by molar-refractivity contribution is -0.0363. The van der Waals surface area contributed by atoms with E-state index < -0.39 is 0 Å². The summed E-state index contributed by atoms with van der Waals surface area (Å²) in [6.45, 7) is 13.7. The van der Waals surface area contributed by atoms with Crippen molar-refractivity contribution in [1.82, 2.24) is 5.32 Å². The standard InChI is InChI=1S/C17H29NO/c1-8-19-17(5,6)16(18-7)11-15-13(3)9-12(2)10-14(15)4/h9-10,16,18H,8,11H2,1-7H3. The number of aryl methyl sites for hydroxylation is 3. The highest BCUT2D eigenvalue weighted by Crippen LogP contribution is 2.23. The molecular weight excluding hydrogens is 234 g/mol. The van der Waals surface area contributed by atoms with E-state index in [2.05, 4.69) is 59.0 Å². The van der Waals surface area contributed by atoms with E-state index in [0.717, 1.165) is 13.0 Å². The quantitative estimate of drug-likeness (QED) is 0.847. The van der Waals surface area contributed by atoms with Gasteiger partial charge in [-0.15, -0.1) is 0 Å². The Morgan fingerprint density at radius 1 is 1.16 bits per heavy atom. The summed E-state index contributed by atoms with van der Waals surface area (Å²) in [7, 11) is 2.02. The molecule has 0 bridgehead atoms. The van der Waals surface area contributed by atoms with Crippen molar-refractivity contribution in [1.29, 1.82) is 0 Å². The predicted molar refractivity (Wildman–Crippen MR) is 82.9 cm³/mol. The summed E-state index contributed by atoms with van der Waals surface area (Å²) in [4.78, 5) is 0. The Balaban J connectivity index is 2.99. The highest BCUT2D eigenvalue weighted by Gasteiger charge is 2.29. The third-order valence-corrected chi connectivity index (χ3v) is 3.95. The molecule has 2 nitrogen and oxygen atoms in total. The van der Waals surface area contributed by atoms with Gasteiger partial charge in [-0.25, -0.2) is 0 Å². The molecule has 1 unspecified atom stereocenters. The van der Waals surface area contributed by atoms with Gasteiger partial charge in [-0.1, -0.05) is 17.7 Å². The number of nitrogens with one attached hydrogen (secondary N) is 1. The van der Waals surface area contributed by atoms with Crippen LogP contribution in [-0.2, 0) is 11.2 Å². The Bertz CT molecular complexity index is 400. The zero-order valence-electron chi connectivity index (χ0n) is 13.6. The van der Waals surface area contributed by atoms with Crippen LogP contribution < -0.4 is 5.32 Å². The second-order valence-electron chi connectivity index (χ2n) is 5.96. The third kappa shape index (κ3) is 4.05. The Morgan fingerprint density at radius 3 is 2.11 bits per heavy atom. The van der Waals surface area contributed by atoms with Crippen molar-refractivity contribution in [3.63, 3.8) is 0 Å². The summed E-state index contributed by atoms with van der Waals surface area (Å²) in [5, 5.41) is 3.42. The van der Waals surface area contributed by atoms with Gasteiger partial charge in [0.25, 0.3) is 0 Å². The fourth-order valence-corrected chi connectivity index (χ4v) is 2.90. The van der Waals surface area contributed by atoms with Gasteiger partial charge in [0.2, 0.25) is 0 Å². The number of benzene rings is 1. The number of hydrogen-bond acceptors (Lipinski definition) is 2.